The van der Waals surface area contributed by atoms with Gasteiger partial charge >= 0.3 is 6.03 Å². The van der Waals surface area contributed by atoms with Crippen LogP contribution in [0, 0.1) is 0 Å². The number of urea groups is 1. The van der Waals surface area contributed by atoms with Crippen molar-refractivity contribution >= 4 is 22.5 Å². The zero-order chi connectivity index (χ0) is 19.2. The van der Waals surface area contributed by atoms with Crippen LogP contribution in [-0.4, -0.2) is 45.7 Å². The van der Waals surface area contributed by atoms with Crippen LogP contribution in [-0.2, 0) is 13.0 Å². The Kier molecular flexibility index (Phi) is 5.89. The Hall–Kier alpha value is -2.84. The van der Waals surface area contributed by atoms with Gasteiger partial charge in [0.2, 0.25) is 5.13 Å². The highest BCUT2D eigenvalue weighted by molar-refractivity contribution is 7.18. The van der Waals surface area contributed by atoms with Gasteiger partial charge in [-0.05, 0) is 36.1 Å². The minimum absolute atomic E-state index is 0.257. The topological polar surface area (TPSA) is 83.0 Å². The van der Waals surface area contributed by atoms with Crippen molar-refractivity contribution in [3.05, 3.63) is 59.8 Å². The first kappa shape index (κ1) is 18.5. The summed E-state index contributed by atoms with van der Waals surface area (Å²) in [6.45, 7) is 3.65. The van der Waals surface area contributed by atoms with Crippen molar-refractivity contribution in [3.63, 3.8) is 0 Å². The molecule has 8 heteroatoms. The molecule has 2 aromatic heterocycles. The molecule has 0 radical (unpaired) electrons. The Morgan fingerprint density at radius 2 is 1.96 bits per heavy atom. The second kappa shape index (κ2) is 8.90. The van der Waals surface area contributed by atoms with Crippen molar-refractivity contribution in [3.8, 4) is 10.7 Å². The molecule has 0 aliphatic carbocycles. The summed E-state index contributed by atoms with van der Waals surface area (Å²) in [4.78, 5) is 18.7. The third-order valence-electron chi connectivity index (χ3n) is 4.68. The summed E-state index contributed by atoms with van der Waals surface area (Å²) in [5, 5.41) is 14.8. The normalized spacial score (nSPS) is 13.7. The van der Waals surface area contributed by atoms with Crippen LogP contribution in [0.15, 0.2) is 48.7 Å². The van der Waals surface area contributed by atoms with Gasteiger partial charge in [0.25, 0.3) is 0 Å². The summed E-state index contributed by atoms with van der Waals surface area (Å²) in [5.41, 5.74) is 3.62. The number of hydrogen-bond donors (Lipinski definition) is 2. The van der Waals surface area contributed by atoms with E-state index < -0.39 is 0 Å². The van der Waals surface area contributed by atoms with Crippen molar-refractivity contribution in [2.45, 2.75) is 19.4 Å². The van der Waals surface area contributed by atoms with E-state index in [9.17, 15) is 4.79 Å². The van der Waals surface area contributed by atoms with Gasteiger partial charge < -0.3 is 5.32 Å². The van der Waals surface area contributed by atoms with Crippen LogP contribution in [0.1, 0.15) is 17.5 Å². The maximum Gasteiger partial charge on any atom is 0.321 e. The highest BCUT2D eigenvalue weighted by Crippen LogP contribution is 2.24. The Bertz CT molecular complexity index is 929. The lowest BCUT2D eigenvalue weighted by Crippen LogP contribution is -2.34. The molecule has 4 rings (SSSR count). The number of hydrogen-bond acceptors (Lipinski definition) is 6. The van der Waals surface area contributed by atoms with E-state index in [0.29, 0.717) is 16.7 Å². The van der Waals surface area contributed by atoms with E-state index >= 15 is 0 Å². The number of aromatic nitrogens is 3. The molecule has 28 heavy (non-hydrogen) atoms. The maximum absolute atomic E-state index is 12.1. The van der Waals surface area contributed by atoms with Crippen LogP contribution in [0.2, 0.25) is 0 Å². The van der Waals surface area contributed by atoms with Gasteiger partial charge in [-0.1, -0.05) is 41.7 Å². The molecule has 144 valence electrons. The zero-order valence-electron chi connectivity index (χ0n) is 15.5. The number of amides is 2. The van der Waals surface area contributed by atoms with Gasteiger partial charge in [0.15, 0.2) is 5.01 Å². The molecular weight excluding hydrogens is 372 g/mol. The molecule has 0 bridgehead atoms. The molecule has 2 amide bonds. The zero-order valence-corrected chi connectivity index (χ0v) is 16.3. The van der Waals surface area contributed by atoms with E-state index in [1.165, 1.54) is 22.5 Å². The molecule has 0 saturated carbocycles. The highest BCUT2D eigenvalue weighted by atomic mass is 32.1. The van der Waals surface area contributed by atoms with E-state index in [1.807, 2.05) is 18.2 Å². The lowest BCUT2D eigenvalue weighted by atomic mass is 10.00. The molecule has 1 aliphatic rings. The molecule has 7 nitrogen and oxygen atoms in total. The molecule has 1 aliphatic heterocycles. The molecule has 1 aromatic carbocycles. The monoisotopic (exact) mass is 394 g/mol. The van der Waals surface area contributed by atoms with Crippen molar-refractivity contribution in [2.75, 3.05) is 25.0 Å². The molecule has 0 unspecified atom stereocenters. The molecule has 0 fully saturated rings. The van der Waals surface area contributed by atoms with Crippen LogP contribution in [0.5, 0.6) is 0 Å². The van der Waals surface area contributed by atoms with Crippen molar-refractivity contribution in [1.29, 1.82) is 0 Å². The number of pyridine rings is 1. The fourth-order valence-electron chi connectivity index (χ4n) is 3.26. The largest absolute Gasteiger partial charge is 0.338 e. The maximum atomic E-state index is 12.1. The van der Waals surface area contributed by atoms with E-state index in [4.69, 9.17) is 0 Å². The van der Waals surface area contributed by atoms with Crippen LogP contribution in [0.3, 0.4) is 0 Å². The highest BCUT2D eigenvalue weighted by Gasteiger charge is 2.15. The summed E-state index contributed by atoms with van der Waals surface area (Å²) in [6, 6.07) is 14.0. The smallest absolute Gasteiger partial charge is 0.321 e. The number of benzene rings is 1. The Morgan fingerprint density at radius 3 is 2.82 bits per heavy atom. The quantitative estimate of drug-likeness (QED) is 0.628. The lowest BCUT2D eigenvalue weighted by molar-refractivity contribution is 0.242. The number of carbonyl (C=O) groups is 1. The molecule has 0 saturated heterocycles. The second-order valence-electron chi connectivity index (χ2n) is 6.66. The standard InChI is InChI=1S/C20H22N6OS/c27-19(23-20-25-24-18(28-20)17-8-3-4-10-21-17)22-11-5-12-26-13-9-15-6-1-2-7-16(15)14-26/h1-4,6-8,10H,5,9,11-14H2,(H2,22,23,25,27). The SMILES string of the molecule is O=C(NCCCN1CCc2ccccc2C1)Nc1nnc(-c2ccccn2)s1. The van der Waals surface area contributed by atoms with Crippen molar-refractivity contribution in [1.82, 2.24) is 25.4 Å². The van der Waals surface area contributed by atoms with E-state index in [0.717, 1.165) is 38.2 Å². The number of nitrogens with zero attached hydrogens (tertiary/aromatic N) is 4. The number of nitrogens with one attached hydrogen (secondary N) is 2. The summed E-state index contributed by atoms with van der Waals surface area (Å²) >= 11 is 1.30. The Labute approximate surface area is 167 Å². The first-order valence-corrected chi connectivity index (χ1v) is 10.2. The molecule has 3 heterocycles. The van der Waals surface area contributed by atoms with E-state index in [-0.39, 0.29) is 6.03 Å². The Morgan fingerprint density at radius 1 is 1.11 bits per heavy atom. The number of anilines is 1. The molecule has 0 atom stereocenters. The number of carbonyl (C=O) groups excluding carboxylic acids is 1. The van der Waals surface area contributed by atoms with Gasteiger partial charge in [0.1, 0.15) is 5.69 Å². The summed E-state index contributed by atoms with van der Waals surface area (Å²) in [5.74, 6) is 0. The van der Waals surface area contributed by atoms with E-state index in [2.05, 4.69) is 55.0 Å². The summed E-state index contributed by atoms with van der Waals surface area (Å²) in [7, 11) is 0. The van der Waals surface area contributed by atoms with Gasteiger partial charge in [-0.15, -0.1) is 10.2 Å². The fraction of sp³-hybridized carbons (Fsp3) is 0.300. The average Bonchev–Trinajstić information content (AvgIpc) is 3.20. The molecule has 2 N–H and O–H groups in total. The predicted octanol–water partition coefficient (Wildman–Crippen LogP) is 3.17. The van der Waals surface area contributed by atoms with Gasteiger partial charge in [-0.3, -0.25) is 15.2 Å². The van der Waals surface area contributed by atoms with Gasteiger partial charge in [0.05, 0.1) is 0 Å². The van der Waals surface area contributed by atoms with E-state index in [1.54, 1.807) is 6.20 Å². The molecule has 3 aromatic rings. The summed E-state index contributed by atoms with van der Waals surface area (Å²) < 4.78 is 0. The first-order valence-electron chi connectivity index (χ1n) is 9.37. The fourth-order valence-corrected chi connectivity index (χ4v) is 3.97. The Balaban J connectivity index is 1.18. The lowest BCUT2D eigenvalue weighted by Gasteiger charge is -2.28. The third-order valence-corrected chi connectivity index (χ3v) is 5.54. The summed E-state index contributed by atoms with van der Waals surface area (Å²) in [6.07, 6.45) is 3.71. The first-order chi connectivity index (χ1) is 13.8. The van der Waals surface area contributed by atoms with Gasteiger partial charge in [-0.25, -0.2) is 4.79 Å². The molecule has 0 spiro atoms. The van der Waals surface area contributed by atoms with Gasteiger partial charge in [0, 0.05) is 32.4 Å². The van der Waals surface area contributed by atoms with Crippen molar-refractivity contribution < 1.29 is 4.79 Å². The number of rotatable bonds is 6. The van der Waals surface area contributed by atoms with Gasteiger partial charge in [-0.2, -0.15) is 0 Å². The number of fused-ring (bicyclic) bond motifs is 1. The van der Waals surface area contributed by atoms with Crippen molar-refractivity contribution in [2.24, 2.45) is 0 Å². The second-order valence-corrected chi connectivity index (χ2v) is 7.63. The third kappa shape index (κ3) is 4.71. The minimum Gasteiger partial charge on any atom is -0.338 e. The van der Waals surface area contributed by atoms with Crippen LogP contribution < -0.4 is 10.6 Å². The van der Waals surface area contributed by atoms with Crippen LogP contribution in [0.4, 0.5) is 9.93 Å². The van der Waals surface area contributed by atoms with Crippen LogP contribution >= 0.6 is 11.3 Å². The minimum atomic E-state index is -0.257. The molecular formula is C20H22N6OS. The van der Waals surface area contributed by atoms with Crippen LogP contribution in [0.25, 0.3) is 10.7 Å². The average molecular weight is 395 g/mol. The predicted molar refractivity (Wildman–Crippen MR) is 110 cm³/mol.